The van der Waals surface area contributed by atoms with Crippen molar-refractivity contribution in [3.05, 3.63) is 5.82 Å². The van der Waals surface area contributed by atoms with Crippen molar-refractivity contribution in [1.82, 2.24) is 20.5 Å². The molecule has 1 saturated carbocycles. The van der Waals surface area contributed by atoms with Gasteiger partial charge in [0.25, 0.3) is 0 Å². The van der Waals surface area contributed by atoms with E-state index in [2.05, 4.69) is 39.2 Å². The molecule has 1 aliphatic heterocycles. The molecule has 3 rings (SSSR count). The Labute approximate surface area is 95.6 Å². The number of hydrogen-bond donors (Lipinski definition) is 2. The smallest absolute Gasteiger partial charge is 0.244 e. The molecule has 5 nitrogen and oxygen atoms in total. The zero-order valence-corrected chi connectivity index (χ0v) is 9.95. The first-order chi connectivity index (χ1) is 7.67. The molecule has 16 heavy (non-hydrogen) atoms. The summed E-state index contributed by atoms with van der Waals surface area (Å²) in [5, 5.41) is 10.8. The number of rotatable bonds is 2. The maximum Gasteiger partial charge on any atom is 0.244 e. The lowest BCUT2D eigenvalue weighted by Crippen LogP contribution is -2.44. The number of aromatic nitrogens is 3. The van der Waals surface area contributed by atoms with Gasteiger partial charge in [-0.3, -0.25) is 5.10 Å². The second-order valence-corrected chi connectivity index (χ2v) is 5.50. The van der Waals surface area contributed by atoms with E-state index in [1.54, 1.807) is 0 Å². The quantitative estimate of drug-likeness (QED) is 0.773. The number of piperazine rings is 1. The summed E-state index contributed by atoms with van der Waals surface area (Å²) in [5.74, 6) is 2.52. The molecule has 2 heterocycles. The highest BCUT2D eigenvalue weighted by Gasteiger charge is 2.48. The van der Waals surface area contributed by atoms with Gasteiger partial charge >= 0.3 is 0 Å². The van der Waals surface area contributed by atoms with Crippen LogP contribution < -0.4 is 10.2 Å². The lowest BCUT2D eigenvalue weighted by molar-refractivity contribution is 0.580. The number of aromatic amines is 1. The fraction of sp³-hybridized carbons (Fsp3) is 0.818. The van der Waals surface area contributed by atoms with Crippen molar-refractivity contribution in [2.75, 3.05) is 31.1 Å². The summed E-state index contributed by atoms with van der Waals surface area (Å²) in [7, 11) is 0. The Morgan fingerprint density at radius 1 is 1.31 bits per heavy atom. The molecule has 1 aliphatic carbocycles. The lowest BCUT2D eigenvalue weighted by atomic mass is 10.1. The molecule has 1 aromatic heterocycles. The Kier molecular flexibility index (Phi) is 2.17. The summed E-state index contributed by atoms with van der Waals surface area (Å²) in [4.78, 5) is 6.86. The van der Waals surface area contributed by atoms with E-state index >= 15 is 0 Å². The summed E-state index contributed by atoms with van der Waals surface area (Å²) < 4.78 is 0. The molecular weight excluding hydrogens is 202 g/mol. The zero-order chi connectivity index (χ0) is 11.2. The van der Waals surface area contributed by atoms with Crippen LogP contribution in [-0.2, 0) is 0 Å². The van der Waals surface area contributed by atoms with Crippen molar-refractivity contribution in [2.45, 2.75) is 26.2 Å². The molecule has 0 aromatic carbocycles. The third-order valence-corrected chi connectivity index (χ3v) is 3.73. The molecule has 0 bridgehead atoms. The van der Waals surface area contributed by atoms with E-state index in [-0.39, 0.29) is 0 Å². The minimum Gasteiger partial charge on any atom is -0.337 e. The van der Waals surface area contributed by atoms with E-state index < -0.39 is 0 Å². The normalized spacial score (nSPS) is 28.1. The Morgan fingerprint density at radius 2 is 2.00 bits per heavy atom. The van der Waals surface area contributed by atoms with Crippen LogP contribution in [-0.4, -0.2) is 41.4 Å². The van der Waals surface area contributed by atoms with Gasteiger partial charge in [-0.2, -0.15) is 4.98 Å². The molecule has 5 heteroatoms. The van der Waals surface area contributed by atoms with Gasteiger partial charge in [-0.15, -0.1) is 5.10 Å². The van der Waals surface area contributed by atoms with E-state index in [0.29, 0.717) is 11.3 Å². The summed E-state index contributed by atoms with van der Waals surface area (Å²) in [5.41, 5.74) is 0.417. The minimum atomic E-state index is 0.417. The highest BCUT2D eigenvalue weighted by molar-refractivity contribution is 5.31. The van der Waals surface area contributed by atoms with Crippen LogP contribution in [0.5, 0.6) is 0 Å². The molecule has 2 aliphatic rings. The highest BCUT2D eigenvalue weighted by Crippen LogP contribution is 2.57. The van der Waals surface area contributed by atoms with Crippen LogP contribution in [0.2, 0.25) is 0 Å². The third-order valence-electron chi connectivity index (χ3n) is 3.73. The van der Waals surface area contributed by atoms with Gasteiger partial charge in [0.1, 0.15) is 5.82 Å². The second kappa shape index (κ2) is 3.45. The van der Waals surface area contributed by atoms with Crippen LogP contribution in [0.1, 0.15) is 32.0 Å². The third kappa shape index (κ3) is 1.69. The first-order valence-electron chi connectivity index (χ1n) is 6.05. The Morgan fingerprint density at radius 3 is 2.62 bits per heavy atom. The number of nitrogens with zero attached hydrogens (tertiary/aromatic N) is 3. The number of H-pyrrole nitrogens is 1. The van der Waals surface area contributed by atoms with E-state index in [4.69, 9.17) is 0 Å². The van der Waals surface area contributed by atoms with Crippen LogP contribution in [0.3, 0.4) is 0 Å². The Balaban J connectivity index is 1.72. The highest BCUT2D eigenvalue weighted by atomic mass is 15.4. The van der Waals surface area contributed by atoms with Gasteiger partial charge in [-0.25, -0.2) is 0 Å². The molecule has 1 atom stereocenters. The lowest BCUT2D eigenvalue weighted by Gasteiger charge is -2.25. The van der Waals surface area contributed by atoms with Crippen molar-refractivity contribution in [1.29, 1.82) is 0 Å². The first-order valence-corrected chi connectivity index (χ1v) is 6.05. The van der Waals surface area contributed by atoms with Gasteiger partial charge in [0, 0.05) is 32.1 Å². The fourth-order valence-corrected chi connectivity index (χ4v) is 2.36. The number of hydrogen-bond acceptors (Lipinski definition) is 4. The molecule has 2 fully saturated rings. The minimum absolute atomic E-state index is 0.417. The maximum atomic E-state index is 4.62. The molecule has 0 spiro atoms. The van der Waals surface area contributed by atoms with Crippen LogP contribution in [0.15, 0.2) is 0 Å². The van der Waals surface area contributed by atoms with Crippen LogP contribution in [0.25, 0.3) is 0 Å². The first kappa shape index (κ1) is 10.1. The SMILES string of the molecule is CC1(C)CC1c1nc(N2CCNCC2)n[nH]1. The molecule has 2 N–H and O–H groups in total. The largest absolute Gasteiger partial charge is 0.337 e. The van der Waals surface area contributed by atoms with E-state index in [0.717, 1.165) is 38.0 Å². The zero-order valence-electron chi connectivity index (χ0n) is 9.95. The van der Waals surface area contributed by atoms with Crippen molar-refractivity contribution in [3.8, 4) is 0 Å². The molecule has 1 aromatic rings. The van der Waals surface area contributed by atoms with Crippen molar-refractivity contribution in [3.63, 3.8) is 0 Å². The Bertz CT molecular complexity index is 377. The van der Waals surface area contributed by atoms with Crippen LogP contribution in [0, 0.1) is 5.41 Å². The van der Waals surface area contributed by atoms with E-state index in [1.165, 1.54) is 6.42 Å². The van der Waals surface area contributed by atoms with Crippen molar-refractivity contribution in [2.24, 2.45) is 5.41 Å². The summed E-state index contributed by atoms with van der Waals surface area (Å²) in [6.07, 6.45) is 1.23. The predicted octanol–water partition coefficient (Wildman–Crippen LogP) is 0.728. The van der Waals surface area contributed by atoms with Gasteiger partial charge in [0.2, 0.25) is 5.95 Å². The fourth-order valence-electron chi connectivity index (χ4n) is 2.36. The van der Waals surface area contributed by atoms with Gasteiger partial charge in [-0.1, -0.05) is 13.8 Å². The molecule has 1 saturated heterocycles. The second-order valence-electron chi connectivity index (χ2n) is 5.50. The monoisotopic (exact) mass is 221 g/mol. The van der Waals surface area contributed by atoms with Crippen molar-refractivity contribution >= 4 is 5.95 Å². The molecule has 88 valence electrons. The number of anilines is 1. The molecule has 0 radical (unpaired) electrons. The Hall–Kier alpha value is -1.10. The van der Waals surface area contributed by atoms with Crippen LogP contribution in [0.4, 0.5) is 5.95 Å². The van der Waals surface area contributed by atoms with Gasteiger partial charge < -0.3 is 10.2 Å². The number of nitrogens with one attached hydrogen (secondary N) is 2. The summed E-state index contributed by atoms with van der Waals surface area (Å²) in [6, 6.07) is 0. The average molecular weight is 221 g/mol. The maximum absolute atomic E-state index is 4.62. The summed E-state index contributed by atoms with van der Waals surface area (Å²) >= 11 is 0. The van der Waals surface area contributed by atoms with Gasteiger partial charge in [0.15, 0.2) is 0 Å². The van der Waals surface area contributed by atoms with E-state index in [1.807, 2.05) is 0 Å². The molecular formula is C11H19N5. The molecule has 1 unspecified atom stereocenters. The average Bonchev–Trinajstić information content (AvgIpc) is 2.76. The van der Waals surface area contributed by atoms with E-state index in [9.17, 15) is 0 Å². The topological polar surface area (TPSA) is 56.8 Å². The predicted molar refractivity (Wildman–Crippen MR) is 62.6 cm³/mol. The molecule has 0 amide bonds. The van der Waals surface area contributed by atoms with Gasteiger partial charge in [-0.05, 0) is 11.8 Å². The van der Waals surface area contributed by atoms with Crippen molar-refractivity contribution < 1.29 is 0 Å². The van der Waals surface area contributed by atoms with Gasteiger partial charge in [0.05, 0.1) is 0 Å². The standard InChI is InChI=1S/C11H19N5/c1-11(2)7-8(11)9-13-10(15-14-9)16-5-3-12-4-6-16/h8,12H,3-7H2,1-2H3,(H,13,14,15). The summed E-state index contributed by atoms with van der Waals surface area (Å²) in [6.45, 7) is 8.63. The van der Waals surface area contributed by atoms with Crippen LogP contribution >= 0.6 is 0 Å².